The number of nitrogens with one attached hydrogen (secondary N) is 1. The molecule has 0 saturated carbocycles. The minimum Gasteiger partial charge on any atom is -0.457 e. The summed E-state index contributed by atoms with van der Waals surface area (Å²) in [5.41, 5.74) is 9.87. The number of nitrogens with two attached hydrogens (primary N) is 1. The fourth-order valence-electron chi connectivity index (χ4n) is 4.49. The maximum atomic E-state index is 13.2. The zero-order valence-electron chi connectivity index (χ0n) is 20.1. The summed E-state index contributed by atoms with van der Waals surface area (Å²) >= 11 is 1.40. The minimum atomic E-state index is -0.260. The highest BCUT2D eigenvalue weighted by Gasteiger charge is 2.25. The van der Waals surface area contributed by atoms with Crippen molar-refractivity contribution in [2.24, 2.45) is 11.7 Å². The molecule has 184 valence electrons. The van der Waals surface area contributed by atoms with Gasteiger partial charge in [-0.3, -0.25) is 4.79 Å². The molecule has 4 aromatic rings. The van der Waals surface area contributed by atoms with Gasteiger partial charge in [-0.15, -0.1) is 11.3 Å². The smallest absolute Gasteiger partial charge is 0.275 e. The van der Waals surface area contributed by atoms with Crippen LogP contribution in [0.15, 0.2) is 66.3 Å². The molecule has 36 heavy (non-hydrogen) atoms. The first-order chi connectivity index (χ1) is 17.6. The number of ether oxygens (including phenoxy) is 1. The topological polar surface area (TPSA) is 106 Å². The van der Waals surface area contributed by atoms with Crippen molar-refractivity contribution in [2.45, 2.75) is 19.8 Å². The van der Waals surface area contributed by atoms with Gasteiger partial charge in [0.05, 0.1) is 23.8 Å². The Morgan fingerprint density at radius 2 is 2.06 bits per heavy atom. The lowest BCUT2D eigenvalue weighted by Crippen LogP contribution is -2.39. The first-order valence-corrected chi connectivity index (χ1v) is 12.9. The number of piperidine rings is 1. The highest BCUT2D eigenvalue weighted by atomic mass is 32.1. The zero-order chi connectivity index (χ0) is 24.9. The number of anilines is 2. The summed E-state index contributed by atoms with van der Waals surface area (Å²) in [6, 6.07) is 15.3. The summed E-state index contributed by atoms with van der Waals surface area (Å²) in [7, 11) is 0. The van der Waals surface area contributed by atoms with E-state index in [1.165, 1.54) is 11.3 Å². The molecule has 1 saturated heterocycles. The van der Waals surface area contributed by atoms with E-state index in [0.29, 0.717) is 18.2 Å². The maximum Gasteiger partial charge on any atom is 0.275 e. The molecule has 0 aliphatic carbocycles. The number of nitrogens with zero attached hydrogens (tertiary/aromatic N) is 4. The van der Waals surface area contributed by atoms with E-state index in [9.17, 15) is 4.79 Å². The quantitative estimate of drug-likeness (QED) is 0.362. The second-order valence-corrected chi connectivity index (χ2v) is 9.67. The van der Waals surface area contributed by atoms with Gasteiger partial charge in [0.1, 0.15) is 22.2 Å². The molecule has 1 atom stereocenters. The molecule has 1 aliphatic rings. The van der Waals surface area contributed by atoms with Gasteiger partial charge in [0, 0.05) is 29.6 Å². The molecule has 0 unspecified atom stereocenters. The van der Waals surface area contributed by atoms with Gasteiger partial charge in [0.2, 0.25) is 0 Å². The highest BCUT2D eigenvalue weighted by Crippen LogP contribution is 2.40. The number of benzene rings is 2. The van der Waals surface area contributed by atoms with E-state index in [-0.39, 0.29) is 5.91 Å². The molecule has 8 nitrogen and oxygen atoms in total. The van der Waals surface area contributed by atoms with Crippen LogP contribution in [-0.2, 0) is 0 Å². The van der Waals surface area contributed by atoms with Crippen LogP contribution >= 0.6 is 11.3 Å². The van der Waals surface area contributed by atoms with Crippen molar-refractivity contribution < 1.29 is 9.53 Å². The van der Waals surface area contributed by atoms with E-state index < -0.39 is 0 Å². The fourth-order valence-corrected chi connectivity index (χ4v) is 5.28. The van der Waals surface area contributed by atoms with E-state index >= 15 is 0 Å². The number of amides is 1. The number of rotatable bonds is 7. The molecule has 3 N–H and O–H groups in total. The van der Waals surface area contributed by atoms with Crippen LogP contribution in [0.5, 0.6) is 11.5 Å². The van der Waals surface area contributed by atoms with E-state index in [0.717, 1.165) is 64.9 Å². The molecule has 0 spiro atoms. The molecule has 5 rings (SSSR count). The summed E-state index contributed by atoms with van der Waals surface area (Å²) in [5.74, 6) is 1.67. The third-order valence-electron chi connectivity index (χ3n) is 6.34. The van der Waals surface area contributed by atoms with Crippen molar-refractivity contribution in [1.82, 2.24) is 15.2 Å². The van der Waals surface area contributed by atoms with E-state index in [1.54, 1.807) is 17.8 Å². The van der Waals surface area contributed by atoms with Gasteiger partial charge in [0.15, 0.2) is 0 Å². The molecule has 3 heterocycles. The van der Waals surface area contributed by atoms with Crippen molar-refractivity contribution in [1.29, 1.82) is 0 Å². The third-order valence-corrected chi connectivity index (χ3v) is 7.23. The van der Waals surface area contributed by atoms with Crippen molar-refractivity contribution in [2.75, 3.05) is 29.9 Å². The zero-order valence-corrected chi connectivity index (χ0v) is 20.9. The number of aromatic nitrogens is 3. The fraction of sp³-hybridized carbons (Fsp3) is 0.259. The van der Waals surface area contributed by atoms with Gasteiger partial charge in [-0.2, -0.15) is 10.2 Å². The van der Waals surface area contributed by atoms with Crippen LogP contribution in [0.4, 0.5) is 11.4 Å². The van der Waals surface area contributed by atoms with Crippen LogP contribution in [0.25, 0.3) is 10.6 Å². The molecule has 1 amide bonds. The molecule has 2 aromatic carbocycles. The molecule has 0 bridgehead atoms. The molecule has 1 aliphatic heterocycles. The molecule has 0 radical (unpaired) electrons. The molecule has 1 fully saturated rings. The summed E-state index contributed by atoms with van der Waals surface area (Å²) in [5, 5.41) is 13.3. The number of thiazole rings is 1. The minimum absolute atomic E-state index is 0.260. The molecule has 9 heteroatoms. The van der Waals surface area contributed by atoms with E-state index in [1.807, 2.05) is 55.5 Å². The van der Waals surface area contributed by atoms with Crippen LogP contribution in [0.1, 0.15) is 28.9 Å². The lowest BCUT2D eigenvalue weighted by atomic mass is 9.96. The second-order valence-electron chi connectivity index (χ2n) is 8.81. The number of carbonyl (C=O) groups excluding carboxylic acids is 1. The first kappa shape index (κ1) is 23.9. The van der Waals surface area contributed by atoms with Gasteiger partial charge in [0.25, 0.3) is 5.91 Å². The van der Waals surface area contributed by atoms with Crippen LogP contribution in [0.2, 0.25) is 0 Å². The Balaban J connectivity index is 1.45. The van der Waals surface area contributed by atoms with Crippen molar-refractivity contribution >= 4 is 28.6 Å². The second kappa shape index (κ2) is 10.8. The third kappa shape index (κ3) is 5.22. The summed E-state index contributed by atoms with van der Waals surface area (Å²) in [4.78, 5) is 20.1. The van der Waals surface area contributed by atoms with Crippen LogP contribution in [0, 0.1) is 12.8 Å². The van der Waals surface area contributed by atoms with Crippen molar-refractivity contribution in [3.63, 3.8) is 0 Å². The predicted molar refractivity (Wildman–Crippen MR) is 143 cm³/mol. The Bertz CT molecular complexity index is 1330. The van der Waals surface area contributed by atoms with Gasteiger partial charge in [-0.25, -0.2) is 4.98 Å². The first-order valence-electron chi connectivity index (χ1n) is 12.0. The van der Waals surface area contributed by atoms with Crippen molar-refractivity contribution in [3.05, 3.63) is 77.6 Å². The van der Waals surface area contributed by atoms with Gasteiger partial charge < -0.3 is 20.7 Å². The summed E-state index contributed by atoms with van der Waals surface area (Å²) in [6.45, 7) is 4.41. The molecular weight excluding hydrogens is 472 g/mol. The number of hydrogen-bond donors (Lipinski definition) is 2. The lowest BCUT2D eigenvalue weighted by Gasteiger charge is -2.36. The maximum absolute atomic E-state index is 13.2. The van der Waals surface area contributed by atoms with Gasteiger partial charge in [-0.05, 0) is 62.6 Å². The molecule has 2 aromatic heterocycles. The predicted octanol–water partition coefficient (Wildman–Crippen LogP) is 5.13. The Kier molecular flexibility index (Phi) is 7.20. The standard InChI is InChI=1S/C27H28N6O2S/c1-18-24(35-21-7-3-2-4-8-21)10-9-22(25(18)33-13-5-6-19(14-28)16-33)31-26(34)23-17-36-27(32-23)20-11-12-29-30-15-20/h2-4,7-12,15,17,19H,5-6,13-14,16,28H2,1H3,(H,31,34)/t19-/m1/s1. The number of hydrogen-bond acceptors (Lipinski definition) is 8. The van der Waals surface area contributed by atoms with E-state index in [4.69, 9.17) is 10.5 Å². The summed E-state index contributed by atoms with van der Waals surface area (Å²) < 4.78 is 6.20. The number of para-hydroxylation sites is 1. The summed E-state index contributed by atoms with van der Waals surface area (Å²) in [6.07, 6.45) is 5.41. The van der Waals surface area contributed by atoms with E-state index in [2.05, 4.69) is 25.4 Å². The SMILES string of the molecule is Cc1c(Oc2ccccc2)ccc(NC(=O)c2csc(-c3ccnnc3)n2)c1N1CCC[C@H](CN)C1. The largest absolute Gasteiger partial charge is 0.457 e. The normalized spacial score (nSPS) is 15.5. The number of carbonyl (C=O) groups is 1. The van der Waals surface area contributed by atoms with Crippen LogP contribution in [0.3, 0.4) is 0 Å². The highest BCUT2D eigenvalue weighted by molar-refractivity contribution is 7.13. The Morgan fingerprint density at radius 3 is 2.83 bits per heavy atom. The Labute approximate surface area is 214 Å². The van der Waals surface area contributed by atoms with Gasteiger partial charge in [-0.1, -0.05) is 18.2 Å². The monoisotopic (exact) mass is 500 g/mol. The van der Waals surface area contributed by atoms with Crippen LogP contribution in [-0.4, -0.2) is 40.7 Å². The Morgan fingerprint density at radius 1 is 1.19 bits per heavy atom. The average molecular weight is 501 g/mol. The molecular formula is C27H28N6O2S. The average Bonchev–Trinajstić information content (AvgIpc) is 3.42. The van der Waals surface area contributed by atoms with Crippen molar-refractivity contribution in [3.8, 4) is 22.1 Å². The Hall–Kier alpha value is -3.82. The lowest BCUT2D eigenvalue weighted by molar-refractivity contribution is 0.102. The van der Waals surface area contributed by atoms with Gasteiger partial charge >= 0.3 is 0 Å². The van der Waals surface area contributed by atoms with Crippen LogP contribution < -0.4 is 20.7 Å².